The highest BCUT2D eigenvalue weighted by Crippen LogP contribution is 2.23. The van der Waals surface area contributed by atoms with Crippen molar-refractivity contribution in [3.8, 4) is 22.5 Å². The van der Waals surface area contributed by atoms with Crippen LogP contribution in [-0.4, -0.2) is 14.8 Å². The molecule has 0 amide bonds. The van der Waals surface area contributed by atoms with Crippen LogP contribution < -0.4 is 5.73 Å². The number of nitrogens with two attached hydrogens (primary N) is 1. The van der Waals surface area contributed by atoms with E-state index in [2.05, 4.69) is 46.5 Å². The number of aromatic nitrogens is 3. The van der Waals surface area contributed by atoms with Crippen LogP contribution >= 0.6 is 0 Å². The van der Waals surface area contributed by atoms with E-state index in [4.69, 9.17) is 5.73 Å². The predicted molar refractivity (Wildman–Crippen MR) is 79.8 cm³/mol. The van der Waals surface area contributed by atoms with Crippen LogP contribution in [0.1, 0.15) is 5.82 Å². The molecule has 0 atom stereocenters. The molecular weight excluding hydrogens is 248 g/mol. The zero-order chi connectivity index (χ0) is 13.9. The average molecular weight is 264 g/mol. The first kappa shape index (κ1) is 12.6. The molecule has 0 saturated carbocycles. The first-order valence-electron chi connectivity index (χ1n) is 6.54. The third kappa shape index (κ3) is 2.33. The Labute approximate surface area is 117 Å². The highest BCUT2D eigenvalue weighted by atomic mass is 15.3. The molecule has 2 N–H and O–H groups in total. The Kier molecular flexibility index (Phi) is 3.31. The molecule has 3 rings (SSSR count). The lowest BCUT2D eigenvalue weighted by molar-refractivity contribution is 0.749. The number of aryl methyl sites for hydroxylation is 1. The standard InChI is InChI=1S/C16H16N4/c1-20-16(18-15(11-17)19-20)14-9-7-13(8-10-14)12-5-3-2-4-6-12/h2-10H,11,17H2,1H3. The minimum absolute atomic E-state index is 0.357. The molecule has 0 bridgehead atoms. The van der Waals surface area contributed by atoms with Crippen LogP contribution in [0.3, 0.4) is 0 Å². The summed E-state index contributed by atoms with van der Waals surface area (Å²) < 4.78 is 1.76. The van der Waals surface area contributed by atoms with E-state index in [0.717, 1.165) is 11.4 Å². The monoisotopic (exact) mass is 264 g/mol. The molecule has 0 spiro atoms. The molecule has 0 aliphatic carbocycles. The number of nitrogens with zero attached hydrogens (tertiary/aromatic N) is 3. The number of rotatable bonds is 3. The van der Waals surface area contributed by atoms with Crippen LogP contribution in [0.5, 0.6) is 0 Å². The first-order chi connectivity index (χ1) is 9.78. The second kappa shape index (κ2) is 5.27. The summed E-state index contributed by atoms with van der Waals surface area (Å²) in [7, 11) is 1.88. The summed E-state index contributed by atoms with van der Waals surface area (Å²) in [5.41, 5.74) is 9.01. The van der Waals surface area contributed by atoms with E-state index < -0.39 is 0 Å². The van der Waals surface area contributed by atoms with Gasteiger partial charge in [-0.2, -0.15) is 5.10 Å². The second-order valence-electron chi connectivity index (χ2n) is 4.62. The van der Waals surface area contributed by atoms with Gasteiger partial charge in [0.05, 0.1) is 6.54 Å². The van der Waals surface area contributed by atoms with Crippen LogP contribution in [0, 0.1) is 0 Å². The topological polar surface area (TPSA) is 56.7 Å². The van der Waals surface area contributed by atoms with Crippen molar-refractivity contribution >= 4 is 0 Å². The summed E-state index contributed by atoms with van der Waals surface area (Å²) in [5.74, 6) is 1.50. The van der Waals surface area contributed by atoms with Crippen molar-refractivity contribution in [2.24, 2.45) is 12.8 Å². The number of hydrogen-bond donors (Lipinski definition) is 1. The zero-order valence-electron chi connectivity index (χ0n) is 11.3. The van der Waals surface area contributed by atoms with E-state index in [1.807, 2.05) is 25.2 Å². The van der Waals surface area contributed by atoms with Crippen molar-refractivity contribution in [3.05, 3.63) is 60.4 Å². The third-order valence-electron chi connectivity index (χ3n) is 3.24. The maximum atomic E-state index is 5.57. The molecule has 20 heavy (non-hydrogen) atoms. The van der Waals surface area contributed by atoms with Gasteiger partial charge < -0.3 is 5.73 Å². The van der Waals surface area contributed by atoms with Gasteiger partial charge in [-0.3, -0.25) is 0 Å². The fourth-order valence-corrected chi connectivity index (χ4v) is 2.22. The van der Waals surface area contributed by atoms with E-state index in [9.17, 15) is 0 Å². The minimum atomic E-state index is 0.357. The lowest BCUT2D eigenvalue weighted by Crippen LogP contribution is -1.99. The Morgan fingerprint density at radius 3 is 2.10 bits per heavy atom. The van der Waals surface area contributed by atoms with Crippen molar-refractivity contribution in [2.45, 2.75) is 6.54 Å². The smallest absolute Gasteiger partial charge is 0.164 e. The fraction of sp³-hybridized carbons (Fsp3) is 0.125. The molecule has 2 aromatic carbocycles. The van der Waals surface area contributed by atoms with Gasteiger partial charge in [0.1, 0.15) is 0 Å². The Bertz CT molecular complexity index is 699. The third-order valence-corrected chi connectivity index (χ3v) is 3.24. The van der Waals surface area contributed by atoms with Gasteiger partial charge >= 0.3 is 0 Å². The summed E-state index contributed by atoms with van der Waals surface area (Å²) >= 11 is 0. The van der Waals surface area contributed by atoms with Gasteiger partial charge in [0.15, 0.2) is 11.6 Å². The van der Waals surface area contributed by atoms with Crippen molar-refractivity contribution in [3.63, 3.8) is 0 Å². The summed E-state index contributed by atoms with van der Waals surface area (Å²) in [5, 5.41) is 4.27. The van der Waals surface area contributed by atoms with Gasteiger partial charge in [-0.1, -0.05) is 54.6 Å². The number of benzene rings is 2. The van der Waals surface area contributed by atoms with Crippen molar-refractivity contribution in [1.29, 1.82) is 0 Å². The van der Waals surface area contributed by atoms with E-state index in [1.165, 1.54) is 11.1 Å². The largest absolute Gasteiger partial charge is 0.324 e. The maximum Gasteiger partial charge on any atom is 0.164 e. The lowest BCUT2D eigenvalue weighted by Gasteiger charge is -2.04. The van der Waals surface area contributed by atoms with Crippen molar-refractivity contribution in [2.75, 3.05) is 0 Å². The Balaban J connectivity index is 1.95. The molecule has 0 fully saturated rings. The van der Waals surface area contributed by atoms with Crippen molar-refractivity contribution < 1.29 is 0 Å². The first-order valence-corrected chi connectivity index (χ1v) is 6.54. The minimum Gasteiger partial charge on any atom is -0.324 e. The van der Waals surface area contributed by atoms with Crippen LogP contribution in [0.2, 0.25) is 0 Å². The lowest BCUT2D eigenvalue weighted by atomic mass is 10.0. The Morgan fingerprint density at radius 2 is 1.50 bits per heavy atom. The van der Waals surface area contributed by atoms with Crippen LogP contribution in [0.4, 0.5) is 0 Å². The van der Waals surface area contributed by atoms with E-state index >= 15 is 0 Å². The molecule has 0 radical (unpaired) electrons. The molecule has 0 saturated heterocycles. The zero-order valence-corrected chi connectivity index (χ0v) is 11.3. The highest BCUT2D eigenvalue weighted by molar-refractivity contribution is 5.67. The molecule has 4 heteroatoms. The predicted octanol–water partition coefficient (Wildman–Crippen LogP) is 2.61. The molecule has 100 valence electrons. The summed E-state index contributed by atoms with van der Waals surface area (Å²) in [6.07, 6.45) is 0. The van der Waals surface area contributed by atoms with Gasteiger partial charge in [0.25, 0.3) is 0 Å². The molecule has 4 nitrogen and oxygen atoms in total. The Morgan fingerprint density at radius 1 is 0.900 bits per heavy atom. The fourth-order valence-electron chi connectivity index (χ4n) is 2.22. The highest BCUT2D eigenvalue weighted by Gasteiger charge is 2.08. The van der Waals surface area contributed by atoms with E-state index in [1.54, 1.807) is 4.68 Å². The van der Waals surface area contributed by atoms with Gasteiger partial charge in [0.2, 0.25) is 0 Å². The summed E-state index contributed by atoms with van der Waals surface area (Å²) in [6.45, 7) is 0.357. The quantitative estimate of drug-likeness (QED) is 0.791. The van der Waals surface area contributed by atoms with E-state index in [0.29, 0.717) is 12.4 Å². The number of hydrogen-bond acceptors (Lipinski definition) is 3. The summed E-state index contributed by atoms with van der Waals surface area (Å²) in [6, 6.07) is 18.6. The molecule has 0 aliphatic heterocycles. The molecule has 1 aromatic heterocycles. The normalized spacial score (nSPS) is 10.7. The maximum absolute atomic E-state index is 5.57. The van der Waals surface area contributed by atoms with Gasteiger partial charge in [-0.15, -0.1) is 0 Å². The molecule has 3 aromatic rings. The molecule has 0 aliphatic rings. The van der Waals surface area contributed by atoms with Gasteiger partial charge in [-0.05, 0) is 11.1 Å². The molecule has 0 unspecified atom stereocenters. The van der Waals surface area contributed by atoms with Crippen molar-refractivity contribution in [1.82, 2.24) is 14.8 Å². The van der Waals surface area contributed by atoms with E-state index in [-0.39, 0.29) is 0 Å². The second-order valence-corrected chi connectivity index (χ2v) is 4.62. The van der Waals surface area contributed by atoms with Crippen LogP contribution in [-0.2, 0) is 13.6 Å². The van der Waals surface area contributed by atoms with Crippen LogP contribution in [0.25, 0.3) is 22.5 Å². The van der Waals surface area contributed by atoms with Crippen LogP contribution in [0.15, 0.2) is 54.6 Å². The van der Waals surface area contributed by atoms with Gasteiger partial charge in [-0.25, -0.2) is 9.67 Å². The average Bonchev–Trinajstić information content (AvgIpc) is 2.89. The molecular formula is C16H16N4. The molecule has 1 heterocycles. The summed E-state index contributed by atoms with van der Waals surface area (Å²) in [4.78, 5) is 4.43. The SMILES string of the molecule is Cn1nc(CN)nc1-c1ccc(-c2ccccc2)cc1. The van der Waals surface area contributed by atoms with Gasteiger partial charge in [0, 0.05) is 12.6 Å². The Hall–Kier alpha value is -2.46.